The minimum absolute atomic E-state index is 0.0642. The van der Waals surface area contributed by atoms with Gasteiger partial charge in [-0.2, -0.15) is 0 Å². The van der Waals surface area contributed by atoms with Crippen molar-refractivity contribution in [2.75, 3.05) is 24.3 Å². The number of thioether (sulfide) groups is 1. The highest BCUT2D eigenvalue weighted by molar-refractivity contribution is 7.99. The van der Waals surface area contributed by atoms with Crippen LogP contribution in [-0.4, -0.2) is 48.8 Å². The molecule has 0 bridgehead atoms. The lowest BCUT2D eigenvalue weighted by molar-refractivity contribution is -0.118. The maximum absolute atomic E-state index is 11.3. The van der Waals surface area contributed by atoms with Crippen LogP contribution in [0.3, 0.4) is 0 Å². The van der Waals surface area contributed by atoms with E-state index >= 15 is 0 Å². The molecule has 1 aliphatic rings. The molecule has 9 heteroatoms. The second kappa shape index (κ2) is 5.27. The van der Waals surface area contributed by atoms with Crippen LogP contribution < -0.4 is 5.32 Å². The Bertz CT molecular complexity index is 540. The number of carbonyl (C=O) groups excluding carboxylic acids is 1. The zero-order chi connectivity index (χ0) is 13.2. The number of hydrogen-bond acceptors (Lipinski definition) is 7. The van der Waals surface area contributed by atoms with E-state index in [1.165, 1.54) is 0 Å². The standard InChI is InChI=1S/C9H13N3O4S2/c1-10-7(13)4-17-9-12-11-8(16-9)6-2-3-18(14,15)5-6/h6H,2-5H2,1H3,(H,10,13)/t6-/m1/s1. The van der Waals surface area contributed by atoms with E-state index in [2.05, 4.69) is 15.5 Å². The van der Waals surface area contributed by atoms with E-state index in [4.69, 9.17) is 4.42 Å². The minimum Gasteiger partial charge on any atom is -0.416 e. The summed E-state index contributed by atoms with van der Waals surface area (Å²) in [5.74, 6) is 0.423. The second-order valence-electron chi connectivity index (χ2n) is 3.97. The van der Waals surface area contributed by atoms with E-state index in [-0.39, 0.29) is 34.3 Å². The van der Waals surface area contributed by atoms with Gasteiger partial charge in [-0.25, -0.2) is 8.42 Å². The fourth-order valence-corrected chi connectivity index (χ4v) is 4.01. The Morgan fingerprint density at radius 1 is 1.56 bits per heavy atom. The summed E-state index contributed by atoms with van der Waals surface area (Å²) in [7, 11) is -1.42. The second-order valence-corrected chi connectivity index (χ2v) is 7.12. The van der Waals surface area contributed by atoms with Crippen LogP contribution in [0.1, 0.15) is 18.2 Å². The van der Waals surface area contributed by atoms with E-state index < -0.39 is 9.84 Å². The fourth-order valence-electron chi connectivity index (χ4n) is 1.63. The van der Waals surface area contributed by atoms with Crippen LogP contribution in [0.4, 0.5) is 0 Å². The number of amides is 1. The Hall–Kier alpha value is -1.09. The highest BCUT2D eigenvalue weighted by Crippen LogP contribution is 2.29. The first kappa shape index (κ1) is 13.3. The minimum atomic E-state index is -2.96. The topological polar surface area (TPSA) is 102 Å². The van der Waals surface area contributed by atoms with E-state index in [9.17, 15) is 13.2 Å². The molecule has 0 aliphatic carbocycles. The van der Waals surface area contributed by atoms with Crippen molar-refractivity contribution in [3.8, 4) is 0 Å². The monoisotopic (exact) mass is 291 g/mol. The number of hydrogen-bond donors (Lipinski definition) is 1. The first-order valence-electron chi connectivity index (χ1n) is 5.37. The lowest BCUT2D eigenvalue weighted by Gasteiger charge is -1.99. The maximum atomic E-state index is 11.3. The molecule has 1 aliphatic heterocycles. The van der Waals surface area contributed by atoms with Gasteiger partial charge in [-0.1, -0.05) is 11.8 Å². The van der Waals surface area contributed by atoms with Gasteiger partial charge in [-0.3, -0.25) is 4.79 Å². The maximum Gasteiger partial charge on any atom is 0.277 e. The summed E-state index contributed by atoms with van der Waals surface area (Å²) >= 11 is 1.13. The molecule has 100 valence electrons. The van der Waals surface area contributed by atoms with Crippen molar-refractivity contribution in [1.29, 1.82) is 0 Å². The average molecular weight is 291 g/mol. The molecule has 0 unspecified atom stereocenters. The summed E-state index contributed by atoms with van der Waals surface area (Å²) in [6, 6.07) is 0. The summed E-state index contributed by atoms with van der Waals surface area (Å²) in [6.07, 6.45) is 0.518. The first-order valence-corrected chi connectivity index (χ1v) is 8.18. The van der Waals surface area contributed by atoms with Crippen LogP contribution in [0.15, 0.2) is 9.64 Å². The summed E-state index contributed by atoms with van der Waals surface area (Å²) in [4.78, 5) is 11.0. The van der Waals surface area contributed by atoms with Crippen molar-refractivity contribution in [1.82, 2.24) is 15.5 Å². The third-order valence-electron chi connectivity index (χ3n) is 2.61. The van der Waals surface area contributed by atoms with Gasteiger partial charge < -0.3 is 9.73 Å². The lowest BCUT2D eigenvalue weighted by atomic mass is 10.1. The Balaban J connectivity index is 1.96. The van der Waals surface area contributed by atoms with Gasteiger partial charge in [0.05, 0.1) is 23.2 Å². The van der Waals surface area contributed by atoms with Crippen LogP contribution >= 0.6 is 11.8 Å². The Morgan fingerprint density at radius 3 is 2.94 bits per heavy atom. The molecule has 0 aromatic carbocycles. The molecular weight excluding hydrogens is 278 g/mol. The fraction of sp³-hybridized carbons (Fsp3) is 0.667. The van der Waals surface area contributed by atoms with E-state index in [0.717, 1.165) is 11.8 Å². The molecule has 7 nitrogen and oxygen atoms in total. The SMILES string of the molecule is CNC(=O)CSc1nnc([C@@H]2CCS(=O)(=O)C2)o1. The molecule has 1 fully saturated rings. The molecule has 1 saturated heterocycles. The largest absolute Gasteiger partial charge is 0.416 e. The van der Waals surface area contributed by atoms with Gasteiger partial charge in [-0.15, -0.1) is 10.2 Å². The van der Waals surface area contributed by atoms with Gasteiger partial charge in [0.2, 0.25) is 11.8 Å². The zero-order valence-electron chi connectivity index (χ0n) is 9.75. The van der Waals surface area contributed by atoms with Gasteiger partial charge in [0.15, 0.2) is 9.84 Å². The number of carbonyl (C=O) groups is 1. The zero-order valence-corrected chi connectivity index (χ0v) is 11.4. The molecule has 0 saturated carbocycles. The number of nitrogens with zero attached hydrogens (tertiary/aromatic N) is 2. The highest BCUT2D eigenvalue weighted by Gasteiger charge is 2.32. The first-order chi connectivity index (χ1) is 8.50. The molecule has 1 N–H and O–H groups in total. The third-order valence-corrected chi connectivity index (χ3v) is 5.20. The molecule has 2 heterocycles. The number of sulfone groups is 1. The summed E-state index contributed by atoms with van der Waals surface area (Å²) in [6.45, 7) is 0. The predicted octanol–water partition coefficient (Wildman–Crippen LogP) is -0.190. The highest BCUT2D eigenvalue weighted by atomic mass is 32.2. The molecule has 1 aromatic heterocycles. The van der Waals surface area contributed by atoms with Crippen LogP contribution in [0.5, 0.6) is 0 Å². The summed E-state index contributed by atoms with van der Waals surface area (Å²) in [5.41, 5.74) is 0. The molecule has 1 amide bonds. The lowest BCUT2D eigenvalue weighted by Crippen LogP contribution is -2.19. The Labute approximate surface area is 109 Å². The van der Waals surface area contributed by atoms with Crippen LogP contribution in [0.2, 0.25) is 0 Å². The molecule has 0 spiro atoms. The number of aromatic nitrogens is 2. The Morgan fingerprint density at radius 2 is 2.33 bits per heavy atom. The van der Waals surface area contributed by atoms with Gasteiger partial charge in [0, 0.05) is 7.05 Å². The van der Waals surface area contributed by atoms with Crippen molar-refractivity contribution in [3.05, 3.63) is 5.89 Å². The molecular formula is C9H13N3O4S2. The van der Waals surface area contributed by atoms with Crippen molar-refractivity contribution >= 4 is 27.5 Å². The molecule has 0 radical (unpaired) electrons. The van der Waals surface area contributed by atoms with E-state index in [1.807, 2.05) is 0 Å². The van der Waals surface area contributed by atoms with Crippen molar-refractivity contribution < 1.29 is 17.6 Å². The van der Waals surface area contributed by atoms with E-state index in [0.29, 0.717) is 12.3 Å². The summed E-state index contributed by atoms with van der Waals surface area (Å²) < 4.78 is 28.0. The molecule has 2 rings (SSSR count). The van der Waals surface area contributed by atoms with Crippen molar-refractivity contribution in [2.45, 2.75) is 17.6 Å². The number of nitrogens with one attached hydrogen (secondary N) is 1. The van der Waals surface area contributed by atoms with Crippen LogP contribution in [0, 0.1) is 0 Å². The van der Waals surface area contributed by atoms with E-state index in [1.54, 1.807) is 7.05 Å². The van der Waals surface area contributed by atoms with Crippen molar-refractivity contribution in [3.63, 3.8) is 0 Å². The summed E-state index contributed by atoms with van der Waals surface area (Å²) in [5, 5.41) is 10.4. The predicted molar refractivity (Wildman–Crippen MR) is 65.1 cm³/mol. The Kier molecular flexibility index (Phi) is 3.91. The quantitative estimate of drug-likeness (QED) is 0.767. The molecule has 1 atom stereocenters. The number of rotatable bonds is 4. The van der Waals surface area contributed by atoms with Crippen molar-refractivity contribution in [2.24, 2.45) is 0 Å². The van der Waals surface area contributed by atoms with Crippen LogP contribution in [-0.2, 0) is 14.6 Å². The van der Waals surface area contributed by atoms with Gasteiger partial charge in [0.25, 0.3) is 5.22 Å². The van der Waals surface area contributed by atoms with Crippen LogP contribution in [0.25, 0.3) is 0 Å². The third kappa shape index (κ3) is 3.22. The molecule has 1 aromatic rings. The average Bonchev–Trinajstić information content (AvgIpc) is 2.92. The van der Waals surface area contributed by atoms with Gasteiger partial charge >= 0.3 is 0 Å². The normalized spacial score (nSPS) is 21.9. The smallest absolute Gasteiger partial charge is 0.277 e. The van der Waals surface area contributed by atoms with Gasteiger partial charge in [0.1, 0.15) is 0 Å². The molecule has 18 heavy (non-hydrogen) atoms. The van der Waals surface area contributed by atoms with Gasteiger partial charge in [-0.05, 0) is 6.42 Å².